The van der Waals surface area contributed by atoms with Crippen LogP contribution in [0.5, 0.6) is 0 Å². The Hall–Kier alpha value is -7.16. The van der Waals surface area contributed by atoms with Gasteiger partial charge in [-0.3, -0.25) is 0 Å². The molecule has 0 bridgehead atoms. The van der Waals surface area contributed by atoms with Crippen LogP contribution >= 0.6 is 0 Å². The van der Waals surface area contributed by atoms with Crippen LogP contribution in [0.2, 0.25) is 0 Å². The smallest absolute Gasteiger partial charge is 0.147 e. The maximum atomic E-state index is 6.80. The number of furan rings is 2. The van der Waals surface area contributed by atoms with Crippen LogP contribution in [-0.4, -0.2) is 0 Å². The summed E-state index contributed by atoms with van der Waals surface area (Å²) in [5, 5.41) is 14.1. The topological polar surface area (TPSA) is 26.3 Å². The summed E-state index contributed by atoms with van der Waals surface area (Å²) in [6.07, 6.45) is 0. The lowest BCUT2D eigenvalue weighted by Gasteiger charge is -2.18. The van der Waals surface area contributed by atoms with Gasteiger partial charge in [-0.05, 0) is 101 Å². The zero-order valence-corrected chi connectivity index (χ0v) is 29.1. The van der Waals surface area contributed by atoms with E-state index in [0.29, 0.717) is 0 Å². The van der Waals surface area contributed by atoms with Gasteiger partial charge in [0.1, 0.15) is 22.3 Å². The van der Waals surface area contributed by atoms with E-state index >= 15 is 0 Å². The van der Waals surface area contributed by atoms with Crippen LogP contribution in [0.4, 0.5) is 0 Å². The second-order valence-electron chi connectivity index (χ2n) is 14.3. The lowest BCUT2D eigenvalue weighted by Crippen LogP contribution is -1.91. The zero-order chi connectivity index (χ0) is 35.3. The third-order valence-corrected chi connectivity index (χ3v) is 11.4. The van der Waals surface area contributed by atoms with Crippen molar-refractivity contribution < 1.29 is 8.83 Å². The summed E-state index contributed by atoms with van der Waals surface area (Å²) in [6.45, 7) is 0. The minimum atomic E-state index is 0.828. The summed E-state index contributed by atoms with van der Waals surface area (Å²) in [5.74, 6) is 0. The molecule has 10 aromatic carbocycles. The molecule has 0 aliphatic rings. The predicted octanol–water partition coefficient (Wildman–Crippen LogP) is 15.1. The SMILES string of the molecule is c1ccc2cc(-c3c4ccccc4c(-c4ccc(-c5c6ccccc6cc6c5oc5ccc7c8ccccc8oc7c56)cc4)c4ccccc34)ccc2c1. The molecule has 2 heteroatoms. The van der Waals surface area contributed by atoms with Gasteiger partial charge in [0.05, 0.1) is 5.39 Å². The molecule has 0 aliphatic heterocycles. The Labute approximate surface area is 310 Å². The highest BCUT2D eigenvalue weighted by Crippen LogP contribution is 2.47. The van der Waals surface area contributed by atoms with Gasteiger partial charge in [0.25, 0.3) is 0 Å². The van der Waals surface area contributed by atoms with Crippen molar-refractivity contribution in [3.05, 3.63) is 182 Å². The molecule has 0 aliphatic carbocycles. The van der Waals surface area contributed by atoms with E-state index < -0.39 is 0 Å². The predicted molar refractivity (Wildman–Crippen MR) is 227 cm³/mol. The van der Waals surface area contributed by atoms with Gasteiger partial charge in [-0.15, -0.1) is 0 Å². The Morgan fingerprint density at radius 2 is 0.778 bits per heavy atom. The molecule has 0 fully saturated rings. The molecule has 0 N–H and O–H groups in total. The Morgan fingerprint density at radius 1 is 0.259 bits per heavy atom. The Bertz CT molecular complexity index is 3430. The Morgan fingerprint density at radius 3 is 1.48 bits per heavy atom. The van der Waals surface area contributed by atoms with Crippen molar-refractivity contribution in [3.63, 3.8) is 0 Å². The van der Waals surface area contributed by atoms with E-state index in [2.05, 4.69) is 170 Å². The van der Waals surface area contributed by atoms with Gasteiger partial charge in [0, 0.05) is 21.7 Å². The van der Waals surface area contributed by atoms with Crippen LogP contribution in [0.1, 0.15) is 0 Å². The largest absolute Gasteiger partial charge is 0.455 e. The highest BCUT2D eigenvalue weighted by Gasteiger charge is 2.22. The van der Waals surface area contributed by atoms with Gasteiger partial charge in [-0.2, -0.15) is 0 Å². The number of hydrogen-bond acceptors (Lipinski definition) is 2. The van der Waals surface area contributed by atoms with Gasteiger partial charge in [-0.1, -0.05) is 152 Å². The molecule has 0 saturated heterocycles. The van der Waals surface area contributed by atoms with Crippen molar-refractivity contribution in [2.45, 2.75) is 0 Å². The lowest BCUT2D eigenvalue weighted by molar-refractivity contribution is 0.663. The first-order valence-corrected chi connectivity index (χ1v) is 18.5. The first kappa shape index (κ1) is 29.4. The van der Waals surface area contributed by atoms with E-state index in [9.17, 15) is 0 Å². The van der Waals surface area contributed by atoms with E-state index in [-0.39, 0.29) is 0 Å². The summed E-state index contributed by atoms with van der Waals surface area (Å²) in [6, 6.07) is 65.6. The maximum absolute atomic E-state index is 6.80. The Balaban J connectivity index is 1.08. The monoisotopic (exact) mass is 686 g/mol. The standard InChI is InChI=1S/C52H30O2/c1-2-12-34-29-36(26-21-31(34)11-1)48-41-18-7-5-16-39(41)47(40-17-6-8-19-42(40)48)32-22-24-33(25-23-32)49-37-14-4-3-13-35(37)30-44-50-46(54-52(44)49)28-27-43-38-15-9-10-20-45(38)53-51(43)50/h1-30H. The van der Waals surface area contributed by atoms with Crippen molar-refractivity contribution in [1.82, 2.24) is 0 Å². The molecule has 2 aromatic heterocycles. The van der Waals surface area contributed by atoms with Gasteiger partial charge >= 0.3 is 0 Å². The maximum Gasteiger partial charge on any atom is 0.147 e. The van der Waals surface area contributed by atoms with E-state index in [0.717, 1.165) is 60.4 Å². The van der Waals surface area contributed by atoms with Gasteiger partial charge in [0.2, 0.25) is 0 Å². The van der Waals surface area contributed by atoms with Gasteiger partial charge in [-0.25, -0.2) is 0 Å². The van der Waals surface area contributed by atoms with Crippen LogP contribution in [0, 0.1) is 0 Å². The molecule has 2 heterocycles. The molecule has 0 saturated carbocycles. The molecule has 0 amide bonds. The fourth-order valence-corrected chi connectivity index (χ4v) is 9.03. The molecule has 0 unspecified atom stereocenters. The third-order valence-electron chi connectivity index (χ3n) is 11.4. The highest BCUT2D eigenvalue weighted by molar-refractivity contribution is 6.27. The molecular weight excluding hydrogens is 657 g/mol. The normalized spacial score (nSPS) is 12.1. The Kier molecular flexibility index (Phi) is 6.09. The van der Waals surface area contributed by atoms with E-state index in [1.165, 1.54) is 60.0 Å². The summed E-state index contributed by atoms with van der Waals surface area (Å²) in [5.41, 5.74) is 10.6. The van der Waals surface area contributed by atoms with Crippen molar-refractivity contribution in [2.24, 2.45) is 0 Å². The summed E-state index contributed by atoms with van der Waals surface area (Å²) < 4.78 is 13.3. The van der Waals surface area contributed by atoms with Gasteiger partial charge in [0.15, 0.2) is 0 Å². The quantitative estimate of drug-likeness (QED) is 0.173. The minimum Gasteiger partial charge on any atom is -0.455 e. The molecule has 2 nitrogen and oxygen atoms in total. The second-order valence-corrected chi connectivity index (χ2v) is 14.3. The lowest BCUT2D eigenvalue weighted by atomic mass is 9.85. The fourth-order valence-electron chi connectivity index (χ4n) is 9.03. The molecule has 54 heavy (non-hydrogen) atoms. The number of fused-ring (bicyclic) bond motifs is 11. The van der Waals surface area contributed by atoms with Crippen LogP contribution in [-0.2, 0) is 0 Å². The zero-order valence-electron chi connectivity index (χ0n) is 29.1. The fraction of sp³-hybridized carbons (Fsp3) is 0. The van der Waals surface area contributed by atoms with Crippen molar-refractivity contribution >= 4 is 87.0 Å². The number of rotatable bonds is 3. The summed E-state index contributed by atoms with van der Waals surface area (Å²) in [4.78, 5) is 0. The highest BCUT2D eigenvalue weighted by atomic mass is 16.3. The van der Waals surface area contributed by atoms with Gasteiger partial charge < -0.3 is 8.83 Å². The number of hydrogen-bond donors (Lipinski definition) is 0. The third kappa shape index (κ3) is 4.17. The molecule has 0 radical (unpaired) electrons. The number of benzene rings is 10. The molecule has 12 rings (SSSR count). The van der Waals surface area contributed by atoms with Crippen molar-refractivity contribution in [2.75, 3.05) is 0 Å². The van der Waals surface area contributed by atoms with Crippen LogP contribution in [0.3, 0.4) is 0 Å². The molecular formula is C52H30O2. The summed E-state index contributed by atoms with van der Waals surface area (Å²) in [7, 11) is 0. The number of para-hydroxylation sites is 1. The first-order chi connectivity index (χ1) is 26.8. The second kappa shape index (κ2) is 11.2. The van der Waals surface area contributed by atoms with E-state index in [1.54, 1.807) is 0 Å². The van der Waals surface area contributed by atoms with Crippen molar-refractivity contribution in [1.29, 1.82) is 0 Å². The van der Waals surface area contributed by atoms with Crippen LogP contribution in [0.25, 0.3) is 120 Å². The first-order valence-electron chi connectivity index (χ1n) is 18.5. The minimum absolute atomic E-state index is 0.828. The van der Waals surface area contributed by atoms with Crippen LogP contribution < -0.4 is 0 Å². The van der Waals surface area contributed by atoms with E-state index in [4.69, 9.17) is 8.83 Å². The molecule has 250 valence electrons. The average Bonchev–Trinajstić information content (AvgIpc) is 3.80. The molecule has 12 aromatic rings. The molecule has 0 spiro atoms. The average molecular weight is 687 g/mol. The van der Waals surface area contributed by atoms with Crippen LogP contribution in [0.15, 0.2) is 191 Å². The van der Waals surface area contributed by atoms with Crippen molar-refractivity contribution in [3.8, 4) is 33.4 Å². The molecule has 0 atom stereocenters. The van der Waals surface area contributed by atoms with E-state index in [1.807, 2.05) is 12.1 Å². The summed E-state index contributed by atoms with van der Waals surface area (Å²) >= 11 is 0.